The lowest BCUT2D eigenvalue weighted by molar-refractivity contribution is -0.129. The third kappa shape index (κ3) is 6.91. The normalized spacial score (nSPS) is 13.1. The van der Waals surface area contributed by atoms with Crippen LogP contribution in [0.5, 0.6) is 0 Å². The van der Waals surface area contributed by atoms with Gasteiger partial charge in [-0.25, -0.2) is 4.98 Å². The molecule has 2 atom stereocenters. The fourth-order valence-corrected chi connectivity index (χ4v) is 2.29. The molecular weight excluding hydrogens is 342 g/mol. The van der Waals surface area contributed by atoms with E-state index in [9.17, 15) is 9.59 Å². The van der Waals surface area contributed by atoms with E-state index in [-0.39, 0.29) is 11.8 Å². The van der Waals surface area contributed by atoms with Crippen molar-refractivity contribution in [3.05, 3.63) is 65.9 Å². The van der Waals surface area contributed by atoms with Crippen LogP contribution in [-0.4, -0.2) is 28.9 Å². The highest BCUT2D eigenvalue weighted by molar-refractivity contribution is 5.89. The molecule has 0 aliphatic rings. The topological polar surface area (TPSA) is 123 Å². The number of carbonyl (C=O) groups is 2. The molecule has 27 heavy (non-hydrogen) atoms. The minimum Gasteiger partial charge on any atom is -0.384 e. The van der Waals surface area contributed by atoms with Crippen molar-refractivity contribution in [2.45, 2.75) is 32.0 Å². The highest BCUT2D eigenvalue weighted by Gasteiger charge is 2.19. The van der Waals surface area contributed by atoms with Crippen molar-refractivity contribution in [1.82, 2.24) is 15.6 Å². The summed E-state index contributed by atoms with van der Waals surface area (Å²) in [5.74, 6) is -0.252. The Hall–Kier alpha value is -3.19. The number of nitrogens with zero attached hydrogens (tertiary/aromatic N) is 1. The Morgan fingerprint density at radius 3 is 2.56 bits per heavy atom. The van der Waals surface area contributed by atoms with E-state index in [2.05, 4.69) is 15.6 Å². The monoisotopic (exact) mass is 367 g/mol. The van der Waals surface area contributed by atoms with Gasteiger partial charge in [0, 0.05) is 12.7 Å². The van der Waals surface area contributed by atoms with Gasteiger partial charge in [0.05, 0.1) is 6.04 Å². The molecule has 0 saturated carbocycles. The Labute approximate surface area is 158 Å². The predicted molar refractivity (Wildman–Crippen MR) is 106 cm³/mol. The number of nitrogens with two attached hydrogens (primary N) is 2. The van der Waals surface area contributed by atoms with Crippen LogP contribution in [0, 0.1) is 0 Å². The van der Waals surface area contributed by atoms with Crippen LogP contribution < -0.4 is 22.1 Å². The molecular formula is C20H25N5O2. The Morgan fingerprint density at radius 1 is 1.15 bits per heavy atom. The third-order valence-electron chi connectivity index (χ3n) is 3.90. The van der Waals surface area contributed by atoms with E-state index in [0.29, 0.717) is 18.8 Å². The lowest BCUT2D eigenvalue weighted by atomic mass is 10.1. The zero-order chi connectivity index (χ0) is 19.6. The fourth-order valence-electron chi connectivity index (χ4n) is 2.29. The van der Waals surface area contributed by atoms with Gasteiger partial charge in [-0.05, 0) is 30.5 Å². The van der Waals surface area contributed by atoms with Gasteiger partial charge in [0.2, 0.25) is 11.8 Å². The summed E-state index contributed by atoms with van der Waals surface area (Å²) in [7, 11) is 0. The number of hydrogen-bond donors (Lipinski definition) is 4. The van der Waals surface area contributed by atoms with Gasteiger partial charge in [-0.1, -0.05) is 48.6 Å². The van der Waals surface area contributed by atoms with Crippen LogP contribution in [0.15, 0.2) is 54.7 Å². The molecule has 0 fully saturated rings. The zero-order valence-corrected chi connectivity index (χ0v) is 15.3. The molecule has 0 aliphatic heterocycles. The number of pyridine rings is 1. The number of carbonyl (C=O) groups excluding carboxylic acids is 2. The molecule has 0 radical (unpaired) electrons. The number of aromatic nitrogens is 1. The molecule has 0 unspecified atom stereocenters. The lowest BCUT2D eigenvalue weighted by Gasteiger charge is -2.16. The first-order chi connectivity index (χ1) is 13.0. The second kappa shape index (κ2) is 10.1. The zero-order valence-electron chi connectivity index (χ0n) is 15.3. The maximum atomic E-state index is 12.1. The van der Waals surface area contributed by atoms with Gasteiger partial charge in [-0.3, -0.25) is 9.59 Å². The van der Waals surface area contributed by atoms with Crippen LogP contribution in [0.25, 0.3) is 6.08 Å². The second-order valence-corrected chi connectivity index (χ2v) is 6.19. The van der Waals surface area contributed by atoms with Crippen molar-refractivity contribution in [3.63, 3.8) is 0 Å². The number of nitrogen functional groups attached to an aromatic ring is 1. The van der Waals surface area contributed by atoms with Crippen molar-refractivity contribution >= 4 is 23.7 Å². The van der Waals surface area contributed by atoms with Crippen LogP contribution in [-0.2, 0) is 16.1 Å². The summed E-state index contributed by atoms with van der Waals surface area (Å²) < 4.78 is 0. The highest BCUT2D eigenvalue weighted by Crippen LogP contribution is 2.03. The number of nitrogens with one attached hydrogen (secondary N) is 2. The summed E-state index contributed by atoms with van der Waals surface area (Å²) in [6, 6.07) is 11.8. The quantitative estimate of drug-likeness (QED) is 0.558. The molecule has 0 aliphatic carbocycles. The summed E-state index contributed by atoms with van der Waals surface area (Å²) in [6.07, 6.45) is 5.72. The first-order valence-corrected chi connectivity index (χ1v) is 8.71. The molecule has 0 saturated heterocycles. The van der Waals surface area contributed by atoms with Crippen LogP contribution in [0.4, 0.5) is 5.82 Å². The molecule has 1 aromatic heterocycles. The average Bonchev–Trinajstić information content (AvgIpc) is 2.67. The number of amides is 2. The van der Waals surface area contributed by atoms with Gasteiger partial charge in [0.1, 0.15) is 11.9 Å². The van der Waals surface area contributed by atoms with Crippen molar-refractivity contribution in [1.29, 1.82) is 0 Å². The van der Waals surface area contributed by atoms with Crippen molar-refractivity contribution < 1.29 is 9.59 Å². The van der Waals surface area contributed by atoms with Crippen LogP contribution in [0.1, 0.15) is 24.5 Å². The number of rotatable bonds is 8. The summed E-state index contributed by atoms with van der Waals surface area (Å²) in [5.41, 5.74) is 13.3. The second-order valence-electron chi connectivity index (χ2n) is 6.19. The van der Waals surface area contributed by atoms with E-state index in [1.807, 2.05) is 42.5 Å². The van der Waals surface area contributed by atoms with Crippen LogP contribution in [0.2, 0.25) is 0 Å². The third-order valence-corrected chi connectivity index (χ3v) is 3.90. The molecule has 1 heterocycles. The van der Waals surface area contributed by atoms with Crippen molar-refractivity contribution in [3.8, 4) is 0 Å². The van der Waals surface area contributed by atoms with E-state index < -0.39 is 12.1 Å². The van der Waals surface area contributed by atoms with Crippen molar-refractivity contribution in [2.24, 2.45) is 5.73 Å². The number of hydrogen-bond acceptors (Lipinski definition) is 5. The minimum absolute atomic E-state index is 0.299. The molecule has 2 rings (SSSR count). The smallest absolute Gasteiger partial charge is 0.242 e. The predicted octanol–water partition coefficient (Wildman–Crippen LogP) is 1.22. The molecule has 7 heteroatoms. The van der Waals surface area contributed by atoms with E-state index in [4.69, 9.17) is 11.5 Å². The van der Waals surface area contributed by atoms with Crippen LogP contribution >= 0.6 is 0 Å². The maximum absolute atomic E-state index is 12.1. The van der Waals surface area contributed by atoms with Crippen molar-refractivity contribution in [2.75, 3.05) is 5.73 Å². The van der Waals surface area contributed by atoms with E-state index >= 15 is 0 Å². The highest BCUT2D eigenvalue weighted by atomic mass is 16.2. The summed E-state index contributed by atoms with van der Waals surface area (Å²) in [6.45, 7) is 1.92. The lowest BCUT2D eigenvalue weighted by Crippen LogP contribution is -2.50. The Morgan fingerprint density at radius 2 is 1.89 bits per heavy atom. The van der Waals surface area contributed by atoms with E-state index in [0.717, 1.165) is 11.1 Å². The van der Waals surface area contributed by atoms with Gasteiger partial charge in [0.25, 0.3) is 0 Å². The standard InChI is InChI=1S/C20H25N5O2/c1-14(19(26)24-13-16-10-11-18(22)23-12-16)25-20(27)17(21)9-5-8-15-6-3-2-4-7-15/h2-8,10-12,14,17H,9,13,21H2,1H3,(H2,22,23)(H,24,26)(H,25,27)/b8-5+/t14-,17+/m0/s1. The summed E-state index contributed by atoms with van der Waals surface area (Å²) in [5, 5.41) is 5.37. The van der Waals surface area contributed by atoms with Gasteiger partial charge in [-0.15, -0.1) is 0 Å². The van der Waals surface area contributed by atoms with E-state index in [1.54, 1.807) is 25.3 Å². The Bertz CT molecular complexity index is 775. The van der Waals surface area contributed by atoms with Gasteiger partial charge >= 0.3 is 0 Å². The number of anilines is 1. The molecule has 0 bridgehead atoms. The summed E-state index contributed by atoms with van der Waals surface area (Å²) in [4.78, 5) is 28.2. The maximum Gasteiger partial charge on any atom is 0.242 e. The average molecular weight is 367 g/mol. The van der Waals surface area contributed by atoms with Crippen LogP contribution in [0.3, 0.4) is 0 Å². The SMILES string of the molecule is C[C@H](NC(=O)[C@H](N)C/C=C/c1ccccc1)C(=O)NCc1ccc(N)nc1. The molecule has 2 amide bonds. The molecule has 2 aromatic rings. The fraction of sp³-hybridized carbons (Fsp3) is 0.250. The first kappa shape index (κ1) is 20.1. The summed E-state index contributed by atoms with van der Waals surface area (Å²) >= 11 is 0. The van der Waals surface area contributed by atoms with Gasteiger partial charge in [-0.2, -0.15) is 0 Å². The molecule has 6 N–H and O–H groups in total. The Balaban J connectivity index is 1.75. The largest absolute Gasteiger partial charge is 0.384 e. The number of benzene rings is 1. The van der Waals surface area contributed by atoms with Gasteiger partial charge in [0.15, 0.2) is 0 Å². The molecule has 1 aromatic carbocycles. The molecule has 7 nitrogen and oxygen atoms in total. The Kier molecular flexibility index (Phi) is 7.51. The molecule has 0 spiro atoms. The van der Waals surface area contributed by atoms with Gasteiger partial charge < -0.3 is 22.1 Å². The van der Waals surface area contributed by atoms with E-state index in [1.165, 1.54) is 0 Å². The minimum atomic E-state index is -0.721. The first-order valence-electron chi connectivity index (χ1n) is 8.71. The molecule has 142 valence electrons.